The molecule has 0 saturated heterocycles. The van der Waals surface area contributed by atoms with E-state index in [0.717, 1.165) is 5.56 Å². The van der Waals surface area contributed by atoms with Gasteiger partial charge in [0.25, 0.3) is 5.69 Å². The van der Waals surface area contributed by atoms with Crippen LogP contribution in [0.15, 0.2) is 18.2 Å². The first-order valence-corrected chi connectivity index (χ1v) is 4.80. The van der Waals surface area contributed by atoms with Gasteiger partial charge in [0.2, 0.25) is 0 Å². The number of hydrogen-bond donors (Lipinski definition) is 0. The summed E-state index contributed by atoms with van der Waals surface area (Å²) in [5, 5.41) is 10.6. The molecular weight excluding hydrogens is 194 g/mol. The van der Waals surface area contributed by atoms with E-state index in [-0.39, 0.29) is 11.6 Å². The molecule has 1 rings (SSSR count). The van der Waals surface area contributed by atoms with Crippen LogP contribution >= 0.6 is 0 Å². The van der Waals surface area contributed by atoms with Gasteiger partial charge < -0.3 is 4.74 Å². The molecule has 1 aromatic rings. The fraction of sp³-hybridized carbons (Fsp3) is 0.364. The molecule has 0 spiro atoms. The monoisotopic (exact) mass is 208 g/mol. The molecule has 1 radical (unpaired) electrons. The Labute approximate surface area is 89.0 Å². The van der Waals surface area contributed by atoms with Crippen molar-refractivity contribution in [2.75, 3.05) is 6.61 Å². The second kappa shape index (κ2) is 4.77. The molecule has 0 heterocycles. The highest BCUT2D eigenvalue weighted by Gasteiger charge is 2.13. The second-order valence-corrected chi connectivity index (χ2v) is 3.31. The third kappa shape index (κ3) is 2.68. The van der Waals surface area contributed by atoms with Crippen LogP contribution in [0, 0.1) is 17.0 Å². The van der Waals surface area contributed by atoms with E-state index < -0.39 is 4.92 Å². The Hall–Kier alpha value is -1.58. The van der Waals surface area contributed by atoms with Crippen molar-refractivity contribution in [1.82, 2.24) is 0 Å². The number of nitro groups is 1. The zero-order chi connectivity index (χ0) is 11.4. The molecule has 0 aliphatic heterocycles. The van der Waals surface area contributed by atoms with E-state index in [2.05, 4.69) is 6.92 Å². The minimum absolute atomic E-state index is 0.0357. The SMILES string of the molecule is [CH2]C(C)c1cc([N+](=O)[O-])ccc1OCC. The summed E-state index contributed by atoms with van der Waals surface area (Å²) in [6.07, 6.45) is 0. The van der Waals surface area contributed by atoms with Gasteiger partial charge in [-0.3, -0.25) is 10.1 Å². The van der Waals surface area contributed by atoms with E-state index >= 15 is 0 Å². The van der Waals surface area contributed by atoms with Gasteiger partial charge in [0, 0.05) is 17.7 Å². The molecule has 0 N–H and O–H groups in total. The first-order valence-electron chi connectivity index (χ1n) is 4.80. The van der Waals surface area contributed by atoms with E-state index in [1.54, 1.807) is 6.07 Å². The number of nitro benzene ring substituents is 1. The van der Waals surface area contributed by atoms with Crippen molar-refractivity contribution >= 4 is 5.69 Å². The first kappa shape index (κ1) is 11.5. The average molecular weight is 208 g/mol. The first-order chi connectivity index (χ1) is 7.06. The largest absolute Gasteiger partial charge is 0.494 e. The van der Waals surface area contributed by atoms with Gasteiger partial charge in [0.15, 0.2) is 0 Å². The van der Waals surface area contributed by atoms with Crippen molar-refractivity contribution in [1.29, 1.82) is 0 Å². The maximum Gasteiger partial charge on any atom is 0.269 e. The van der Waals surface area contributed by atoms with Crippen LogP contribution in [0.3, 0.4) is 0 Å². The molecule has 0 fully saturated rings. The Morgan fingerprint density at radius 1 is 1.60 bits per heavy atom. The van der Waals surface area contributed by atoms with E-state index in [0.29, 0.717) is 12.4 Å². The van der Waals surface area contributed by atoms with Crippen molar-refractivity contribution < 1.29 is 9.66 Å². The number of non-ortho nitro benzene ring substituents is 1. The molecule has 4 heteroatoms. The average Bonchev–Trinajstić information content (AvgIpc) is 2.18. The van der Waals surface area contributed by atoms with E-state index in [1.807, 2.05) is 13.8 Å². The lowest BCUT2D eigenvalue weighted by atomic mass is 10.0. The number of benzene rings is 1. The van der Waals surface area contributed by atoms with Gasteiger partial charge in [0.05, 0.1) is 11.5 Å². The summed E-state index contributed by atoms with van der Waals surface area (Å²) in [6.45, 7) is 8.14. The third-order valence-electron chi connectivity index (χ3n) is 2.03. The highest BCUT2D eigenvalue weighted by molar-refractivity contribution is 5.45. The predicted molar refractivity (Wildman–Crippen MR) is 58.0 cm³/mol. The Balaban J connectivity index is 3.14. The van der Waals surface area contributed by atoms with Crippen LogP contribution in [0.4, 0.5) is 5.69 Å². The maximum atomic E-state index is 10.6. The molecule has 81 valence electrons. The minimum atomic E-state index is -0.415. The lowest BCUT2D eigenvalue weighted by Gasteiger charge is -2.12. The Bertz CT molecular complexity index is 361. The Morgan fingerprint density at radius 3 is 2.73 bits per heavy atom. The van der Waals surface area contributed by atoms with Crippen molar-refractivity contribution in [2.24, 2.45) is 0 Å². The summed E-state index contributed by atoms with van der Waals surface area (Å²) in [5.74, 6) is 0.636. The quantitative estimate of drug-likeness (QED) is 0.564. The molecule has 0 aliphatic carbocycles. The van der Waals surface area contributed by atoms with E-state index in [1.165, 1.54) is 12.1 Å². The van der Waals surface area contributed by atoms with Crippen LogP contribution in [-0.4, -0.2) is 11.5 Å². The maximum absolute atomic E-state index is 10.6. The number of hydrogen-bond acceptors (Lipinski definition) is 3. The lowest BCUT2D eigenvalue weighted by Crippen LogP contribution is -1.99. The van der Waals surface area contributed by atoms with Crippen LogP contribution in [0.1, 0.15) is 25.3 Å². The van der Waals surface area contributed by atoms with Crippen LogP contribution in [-0.2, 0) is 0 Å². The van der Waals surface area contributed by atoms with Crippen molar-refractivity contribution in [3.63, 3.8) is 0 Å². The Morgan fingerprint density at radius 2 is 2.27 bits per heavy atom. The lowest BCUT2D eigenvalue weighted by molar-refractivity contribution is -0.384. The molecule has 0 aromatic heterocycles. The van der Waals surface area contributed by atoms with Gasteiger partial charge in [-0.05, 0) is 25.8 Å². The normalized spacial score (nSPS) is 10.4. The van der Waals surface area contributed by atoms with Crippen molar-refractivity contribution in [2.45, 2.75) is 19.8 Å². The highest BCUT2D eigenvalue weighted by atomic mass is 16.6. The zero-order valence-corrected chi connectivity index (χ0v) is 8.90. The minimum Gasteiger partial charge on any atom is -0.494 e. The van der Waals surface area contributed by atoms with Gasteiger partial charge in [0.1, 0.15) is 5.75 Å². The third-order valence-corrected chi connectivity index (χ3v) is 2.03. The van der Waals surface area contributed by atoms with Gasteiger partial charge in [-0.1, -0.05) is 6.92 Å². The second-order valence-electron chi connectivity index (χ2n) is 3.31. The molecule has 0 amide bonds. The fourth-order valence-electron chi connectivity index (χ4n) is 1.32. The number of ether oxygens (including phenoxy) is 1. The predicted octanol–water partition coefficient (Wildman–Crippen LogP) is 2.93. The van der Waals surface area contributed by atoms with Crippen LogP contribution in [0.5, 0.6) is 5.75 Å². The molecule has 1 aromatic carbocycles. The molecule has 4 nitrogen and oxygen atoms in total. The molecule has 1 unspecified atom stereocenters. The highest BCUT2D eigenvalue weighted by Crippen LogP contribution is 2.29. The van der Waals surface area contributed by atoms with Gasteiger partial charge in [-0.25, -0.2) is 0 Å². The van der Waals surface area contributed by atoms with E-state index in [4.69, 9.17) is 4.74 Å². The molecule has 0 saturated carbocycles. The Kier molecular flexibility index (Phi) is 3.66. The summed E-state index contributed by atoms with van der Waals surface area (Å²) in [4.78, 5) is 10.2. The summed E-state index contributed by atoms with van der Waals surface area (Å²) in [6, 6.07) is 4.58. The van der Waals surface area contributed by atoms with Crippen LogP contribution < -0.4 is 4.74 Å². The topological polar surface area (TPSA) is 52.4 Å². The summed E-state index contributed by atoms with van der Waals surface area (Å²) >= 11 is 0. The summed E-state index contributed by atoms with van der Waals surface area (Å²) in [5.41, 5.74) is 0.843. The van der Waals surface area contributed by atoms with Gasteiger partial charge in [-0.15, -0.1) is 0 Å². The summed E-state index contributed by atoms with van der Waals surface area (Å²) < 4.78 is 5.37. The zero-order valence-electron chi connectivity index (χ0n) is 8.90. The molecule has 0 aliphatic rings. The molecule has 0 bridgehead atoms. The van der Waals surface area contributed by atoms with Gasteiger partial charge >= 0.3 is 0 Å². The molecule has 15 heavy (non-hydrogen) atoms. The van der Waals surface area contributed by atoms with Crippen LogP contribution in [0.25, 0.3) is 0 Å². The van der Waals surface area contributed by atoms with Gasteiger partial charge in [-0.2, -0.15) is 0 Å². The molecular formula is C11H14NO3. The fourth-order valence-corrected chi connectivity index (χ4v) is 1.32. The van der Waals surface area contributed by atoms with Crippen molar-refractivity contribution in [3.8, 4) is 5.75 Å². The van der Waals surface area contributed by atoms with Crippen LogP contribution in [0.2, 0.25) is 0 Å². The van der Waals surface area contributed by atoms with Crippen molar-refractivity contribution in [3.05, 3.63) is 40.8 Å². The van der Waals surface area contributed by atoms with E-state index in [9.17, 15) is 10.1 Å². The number of nitrogens with zero attached hydrogens (tertiary/aromatic N) is 1. The number of rotatable bonds is 4. The molecule has 1 atom stereocenters. The smallest absolute Gasteiger partial charge is 0.269 e. The standard InChI is InChI=1S/C11H14NO3/c1-4-15-11-6-5-9(12(13)14)7-10(11)8(2)3/h5-8H,2,4H2,1,3H3. The summed E-state index contributed by atoms with van der Waals surface area (Å²) in [7, 11) is 0.